The first-order valence-corrected chi connectivity index (χ1v) is 12.9. The van der Waals surface area contributed by atoms with E-state index in [0.29, 0.717) is 16.8 Å². The molecule has 9 heteroatoms. The summed E-state index contributed by atoms with van der Waals surface area (Å²) in [5, 5.41) is 5.56. The van der Waals surface area contributed by atoms with Crippen LogP contribution in [0.4, 0.5) is 5.00 Å². The van der Waals surface area contributed by atoms with Gasteiger partial charge < -0.3 is 10.1 Å². The Morgan fingerprint density at radius 3 is 2.68 bits per heavy atom. The highest BCUT2D eigenvalue weighted by molar-refractivity contribution is 7.22. The summed E-state index contributed by atoms with van der Waals surface area (Å²) in [6.45, 7) is 6.29. The van der Waals surface area contributed by atoms with Crippen molar-refractivity contribution in [3.05, 3.63) is 64.0 Å². The number of fused-ring (bicyclic) bond motifs is 2. The van der Waals surface area contributed by atoms with E-state index in [2.05, 4.69) is 30.1 Å². The molecule has 0 spiro atoms. The van der Waals surface area contributed by atoms with Gasteiger partial charge in [0.1, 0.15) is 15.8 Å². The molecule has 1 aliphatic rings. The lowest BCUT2D eigenvalue weighted by Crippen LogP contribution is -2.35. The van der Waals surface area contributed by atoms with Gasteiger partial charge in [0.25, 0.3) is 5.91 Å². The van der Waals surface area contributed by atoms with Crippen molar-refractivity contribution in [2.75, 3.05) is 18.5 Å². The van der Waals surface area contributed by atoms with Gasteiger partial charge in [0, 0.05) is 34.6 Å². The van der Waals surface area contributed by atoms with Crippen LogP contribution in [0.2, 0.25) is 5.02 Å². The number of hydrogen-bond acceptors (Lipinski definition) is 6. The van der Waals surface area contributed by atoms with Crippen LogP contribution in [0.1, 0.15) is 24.3 Å². The van der Waals surface area contributed by atoms with Crippen molar-refractivity contribution in [1.29, 1.82) is 0 Å². The molecular weight excluding hydrogens is 509 g/mol. The SMILES string of the molecule is CC(C)N1CCc2c(sc(NC(=O)COc3ccc(Cl)cc3)c2-c2nc3ccccc3s2)C1.Cl. The van der Waals surface area contributed by atoms with Crippen LogP contribution in [-0.4, -0.2) is 35.0 Å². The summed E-state index contributed by atoms with van der Waals surface area (Å²) in [6.07, 6.45) is 0.951. The summed E-state index contributed by atoms with van der Waals surface area (Å²) in [4.78, 5) is 21.5. The Morgan fingerprint density at radius 1 is 1.18 bits per heavy atom. The lowest BCUT2D eigenvalue weighted by molar-refractivity contribution is -0.118. The van der Waals surface area contributed by atoms with Crippen molar-refractivity contribution < 1.29 is 9.53 Å². The van der Waals surface area contributed by atoms with Crippen LogP contribution in [-0.2, 0) is 17.8 Å². The maximum Gasteiger partial charge on any atom is 0.262 e. The average Bonchev–Trinajstić information content (AvgIpc) is 3.38. The number of rotatable bonds is 6. The number of anilines is 1. The molecule has 0 radical (unpaired) electrons. The topological polar surface area (TPSA) is 54.5 Å². The molecule has 0 fully saturated rings. The predicted molar refractivity (Wildman–Crippen MR) is 145 cm³/mol. The second-order valence-electron chi connectivity index (χ2n) is 8.30. The molecule has 0 aliphatic carbocycles. The molecule has 2 aromatic carbocycles. The van der Waals surface area contributed by atoms with E-state index < -0.39 is 0 Å². The Hall–Kier alpha value is -2.16. The number of hydrogen-bond donors (Lipinski definition) is 1. The van der Waals surface area contributed by atoms with Crippen LogP contribution in [0.15, 0.2) is 48.5 Å². The van der Waals surface area contributed by atoms with Gasteiger partial charge in [0.2, 0.25) is 0 Å². The van der Waals surface area contributed by atoms with E-state index >= 15 is 0 Å². The van der Waals surface area contributed by atoms with Crippen molar-refractivity contribution in [2.24, 2.45) is 0 Å². The van der Waals surface area contributed by atoms with Crippen LogP contribution < -0.4 is 10.1 Å². The summed E-state index contributed by atoms with van der Waals surface area (Å²) in [7, 11) is 0. The summed E-state index contributed by atoms with van der Waals surface area (Å²) in [5.41, 5.74) is 3.37. The Kier molecular flexibility index (Phi) is 7.80. The minimum absolute atomic E-state index is 0. The van der Waals surface area contributed by atoms with Crippen LogP contribution in [0, 0.1) is 0 Å². The third kappa shape index (κ3) is 5.24. The average molecular weight is 535 g/mol. The van der Waals surface area contributed by atoms with Crippen LogP contribution in [0.3, 0.4) is 0 Å². The number of carbonyl (C=O) groups excluding carboxylic acids is 1. The van der Waals surface area contributed by atoms with E-state index in [0.717, 1.165) is 45.3 Å². The Labute approximate surface area is 218 Å². The Bertz CT molecular complexity index is 1270. The van der Waals surface area contributed by atoms with Crippen molar-refractivity contribution in [2.45, 2.75) is 32.9 Å². The van der Waals surface area contributed by atoms with E-state index in [4.69, 9.17) is 21.3 Å². The molecule has 0 saturated heterocycles. The van der Waals surface area contributed by atoms with Gasteiger partial charge in [-0.3, -0.25) is 9.69 Å². The number of aromatic nitrogens is 1. The van der Waals surface area contributed by atoms with Crippen LogP contribution in [0.5, 0.6) is 5.75 Å². The third-order valence-electron chi connectivity index (χ3n) is 5.76. The lowest BCUT2D eigenvalue weighted by atomic mass is 10.0. The maximum atomic E-state index is 12.8. The first-order chi connectivity index (χ1) is 16.0. The zero-order chi connectivity index (χ0) is 22.9. The smallest absolute Gasteiger partial charge is 0.262 e. The van der Waals surface area contributed by atoms with Crippen molar-refractivity contribution in [3.8, 4) is 16.3 Å². The van der Waals surface area contributed by atoms with Crippen LogP contribution >= 0.6 is 46.7 Å². The third-order valence-corrected chi connectivity index (χ3v) is 8.20. The number of para-hydroxylation sites is 1. The summed E-state index contributed by atoms with van der Waals surface area (Å²) < 4.78 is 6.80. The highest BCUT2D eigenvalue weighted by Crippen LogP contribution is 2.45. The first-order valence-electron chi connectivity index (χ1n) is 10.9. The van der Waals surface area contributed by atoms with E-state index in [1.165, 1.54) is 10.4 Å². The van der Waals surface area contributed by atoms with E-state index in [9.17, 15) is 4.79 Å². The van der Waals surface area contributed by atoms with Gasteiger partial charge in [-0.2, -0.15) is 0 Å². The van der Waals surface area contributed by atoms with Gasteiger partial charge >= 0.3 is 0 Å². The standard InChI is InChI=1S/C25H24ClN3O2S2.ClH/c1-15(2)29-12-11-18-21(13-29)33-25(23(18)24-27-19-5-3-4-6-20(19)32-24)28-22(30)14-31-17-9-7-16(26)8-10-17;/h3-10,15H,11-14H2,1-2H3,(H,28,30);1H. The van der Waals surface area contributed by atoms with Crippen LogP contribution in [0.25, 0.3) is 20.8 Å². The molecule has 1 amide bonds. The number of ether oxygens (including phenoxy) is 1. The number of benzene rings is 2. The number of nitrogens with one attached hydrogen (secondary N) is 1. The highest BCUT2D eigenvalue weighted by atomic mass is 35.5. The zero-order valence-corrected chi connectivity index (χ0v) is 22.0. The molecular formula is C25H25Cl2N3O2S2. The molecule has 0 atom stereocenters. The molecule has 1 aliphatic heterocycles. The molecule has 5 nitrogen and oxygen atoms in total. The van der Waals surface area contributed by atoms with Gasteiger partial charge in [-0.15, -0.1) is 35.1 Å². The predicted octanol–water partition coefficient (Wildman–Crippen LogP) is 6.88. The number of nitrogens with zero attached hydrogens (tertiary/aromatic N) is 2. The van der Waals surface area contributed by atoms with Gasteiger partial charge in [-0.05, 0) is 62.2 Å². The summed E-state index contributed by atoms with van der Waals surface area (Å²) in [5.74, 6) is 0.422. The fourth-order valence-corrected chi connectivity index (χ4v) is 6.53. The number of carbonyl (C=O) groups is 1. The summed E-state index contributed by atoms with van der Waals surface area (Å²) in [6, 6.07) is 15.6. The molecule has 2 aromatic heterocycles. The van der Waals surface area contributed by atoms with Crippen molar-refractivity contribution in [1.82, 2.24) is 9.88 Å². The molecule has 34 heavy (non-hydrogen) atoms. The molecule has 0 bridgehead atoms. The van der Waals surface area contributed by atoms with E-state index in [-0.39, 0.29) is 24.9 Å². The molecule has 0 unspecified atom stereocenters. The second-order valence-corrected chi connectivity index (χ2v) is 10.9. The number of amides is 1. The molecule has 4 aromatic rings. The first kappa shape index (κ1) is 24.9. The minimum Gasteiger partial charge on any atom is -0.484 e. The molecule has 0 saturated carbocycles. The highest BCUT2D eigenvalue weighted by Gasteiger charge is 2.28. The maximum absolute atomic E-state index is 12.8. The van der Waals surface area contributed by atoms with Gasteiger partial charge in [-0.25, -0.2) is 4.98 Å². The minimum atomic E-state index is -0.188. The molecule has 5 rings (SSSR count). The lowest BCUT2D eigenvalue weighted by Gasteiger charge is -2.30. The van der Waals surface area contributed by atoms with Gasteiger partial charge in [-0.1, -0.05) is 23.7 Å². The molecule has 1 N–H and O–H groups in total. The number of halogens is 2. The number of thiazole rings is 1. The van der Waals surface area contributed by atoms with Gasteiger partial charge in [0.05, 0.1) is 10.2 Å². The van der Waals surface area contributed by atoms with E-state index in [1.54, 1.807) is 46.9 Å². The fourth-order valence-electron chi connectivity index (χ4n) is 4.00. The van der Waals surface area contributed by atoms with Gasteiger partial charge in [0.15, 0.2) is 6.61 Å². The largest absolute Gasteiger partial charge is 0.484 e. The van der Waals surface area contributed by atoms with E-state index in [1.807, 2.05) is 18.2 Å². The monoisotopic (exact) mass is 533 g/mol. The normalized spacial score (nSPS) is 13.5. The van der Waals surface area contributed by atoms with Crippen molar-refractivity contribution >= 4 is 67.8 Å². The van der Waals surface area contributed by atoms with Crippen molar-refractivity contribution in [3.63, 3.8) is 0 Å². The fraction of sp³-hybridized carbons (Fsp3) is 0.280. The quantitative estimate of drug-likeness (QED) is 0.293. The Morgan fingerprint density at radius 2 is 1.94 bits per heavy atom. The second kappa shape index (κ2) is 10.6. The number of thiophene rings is 1. The zero-order valence-electron chi connectivity index (χ0n) is 18.8. The molecule has 3 heterocycles. The molecule has 178 valence electrons. The Balaban J connectivity index is 0.00000274. The summed E-state index contributed by atoms with van der Waals surface area (Å²) >= 11 is 9.26.